The van der Waals surface area contributed by atoms with Gasteiger partial charge in [-0.15, -0.1) is 17.9 Å². The van der Waals surface area contributed by atoms with E-state index in [4.69, 9.17) is 4.98 Å². The lowest BCUT2D eigenvalue weighted by Crippen LogP contribution is -2.30. The Bertz CT molecular complexity index is 1240. The summed E-state index contributed by atoms with van der Waals surface area (Å²) < 4.78 is 1.60. The van der Waals surface area contributed by atoms with E-state index in [1.165, 1.54) is 21.5 Å². The highest BCUT2D eigenvalue weighted by Crippen LogP contribution is 2.35. The first kappa shape index (κ1) is 19.3. The molecule has 1 aliphatic carbocycles. The molecule has 8 heteroatoms. The van der Waals surface area contributed by atoms with Gasteiger partial charge >= 0.3 is 0 Å². The van der Waals surface area contributed by atoms with Gasteiger partial charge in [0.15, 0.2) is 5.16 Å². The SMILES string of the molecule is C=CCn1c(SCN2C(=O)c3ccccc3C2=O)nc2sc3c(c2c1=O)CCCC3. The van der Waals surface area contributed by atoms with Crippen molar-refractivity contribution in [1.82, 2.24) is 14.5 Å². The molecule has 30 heavy (non-hydrogen) atoms. The third kappa shape index (κ3) is 2.94. The smallest absolute Gasteiger partial charge is 0.263 e. The maximum atomic E-state index is 13.3. The fraction of sp³-hybridized carbons (Fsp3) is 0.273. The van der Waals surface area contributed by atoms with E-state index < -0.39 is 0 Å². The van der Waals surface area contributed by atoms with Gasteiger partial charge in [0.1, 0.15) is 4.83 Å². The van der Waals surface area contributed by atoms with Crippen LogP contribution in [0.2, 0.25) is 0 Å². The Hall–Kier alpha value is -2.71. The van der Waals surface area contributed by atoms with E-state index in [0.717, 1.165) is 41.5 Å². The number of rotatable bonds is 5. The molecule has 0 N–H and O–H groups in total. The number of thioether (sulfide) groups is 1. The molecule has 3 aromatic rings. The third-order valence-corrected chi connectivity index (χ3v) is 7.70. The van der Waals surface area contributed by atoms with Crippen LogP contribution in [0.25, 0.3) is 10.2 Å². The van der Waals surface area contributed by atoms with E-state index in [0.29, 0.717) is 22.8 Å². The minimum absolute atomic E-state index is 0.0656. The predicted octanol–water partition coefficient (Wildman–Crippen LogP) is 3.87. The van der Waals surface area contributed by atoms with Crippen LogP contribution in [0.15, 0.2) is 46.9 Å². The molecule has 0 unspecified atom stereocenters. The summed E-state index contributed by atoms with van der Waals surface area (Å²) in [7, 11) is 0. The van der Waals surface area contributed by atoms with Crippen LogP contribution in [0.4, 0.5) is 0 Å². The molecule has 6 nitrogen and oxygen atoms in total. The average Bonchev–Trinajstić information content (AvgIpc) is 3.25. The van der Waals surface area contributed by atoms with Crippen LogP contribution in [0.5, 0.6) is 0 Å². The number of benzene rings is 1. The molecular formula is C22H19N3O3S2. The van der Waals surface area contributed by atoms with E-state index in [-0.39, 0.29) is 23.3 Å². The number of hydrogen-bond donors (Lipinski definition) is 0. The minimum Gasteiger partial charge on any atom is -0.283 e. The van der Waals surface area contributed by atoms with E-state index >= 15 is 0 Å². The van der Waals surface area contributed by atoms with Gasteiger partial charge in [-0.05, 0) is 43.4 Å². The Balaban J connectivity index is 1.51. The van der Waals surface area contributed by atoms with Crippen molar-refractivity contribution >= 4 is 45.1 Å². The molecule has 0 saturated heterocycles. The first-order chi connectivity index (χ1) is 14.6. The van der Waals surface area contributed by atoms with Gasteiger partial charge in [-0.3, -0.25) is 23.9 Å². The van der Waals surface area contributed by atoms with Gasteiger partial charge in [0.05, 0.1) is 22.4 Å². The summed E-state index contributed by atoms with van der Waals surface area (Å²) in [4.78, 5) is 46.6. The fourth-order valence-electron chi connectivity index (χ4n) is 4.10. The monoisotopic (exact) mass is 437 g/mol. The normalized spacial score (nSPS) is 15.5. The Morgan fingerprint density at radius 1 is 1.10 bits per heavy atom. The van der Waals surface area contributed by atoms with Crippen molar-refractivity contribution in [3.05, 3.63) is 68.8 Å². The Morgan fingerprint density at radius 3 is 2.50 bits per heavy atom. The highest BCUT2D eigenvalue weighted by molar-refractivity contribution is 7.99. The lowest BCUT2D eigenvalue weighted by Gasteiger charge is -2.15. The number of amides is 2. The first-order valence-electron chi connectivity index (χ1n) is 9.84. The zero-order valence-corrected chi connectivity index (χ0v) is 17.9. The van der Waals surface area contributed by atoms with Crippen LogP contribution in [0.1, 0.15) is 44.0 Å². The van der Waals surface area contributed by atoms with Gasteiger partial charge in [0.2, 0.25) is 0 Å². The van der Waals surface area contributed by atoms with Crippen LogP contribution in [-0.4, -0.2) is 32.1 Å². The number of hydrogen-bond acceptors (Lipinski definition) is 6. The molecule has 0 saturated carbocycles. The second-order valence-corrected chi connectivity index (χ2v) is 9.34. The van der Waals surface area contributed by atoms with Gasteiger partial charge in [-0.2, -0.15) is 0 Å². The van der Waals surface area contributed by atoms with Crippen molar-refractivity contribution in [3.63, 3.8) is 0 Å². The van der Waals surface area contributed by atoms with Crippen molar-refractivity contribution in [2.75, 3.05) is 5.88 Å². The van der Waals surface area contributed by atoms with Crippen LogP contribution >= 0.6 is 23.1 Å². The Labute approximate surface area is 181 Å². The molecule has 0 atom stereocenters. The molecule has 0 spiro atoms. The van der Waals surface area contributed by atoms with Gasteiger partial charge in [0, 0.05) is 11.4 Å². The van der Waals surface area contributed by atoms with Gasteiger partial charge < -0.3 is 0 Å². The van der Waals surface area contributed by atoms with E-state index in [1.54, 1.807) is 46.2 Å². The van der Waals surface area contributed by atoms with Gasteiger partial charge in [-0.1, -0.05) is 30.0 Å². The quantitative estimate of drug-likeness (QED) is 0.262. The van der Waals surface area contributed by atoms with Crippen molar-refractivity contribution in [1.29, 1.82) is 0 Å². The van der Waals surface area contributed by atoms with Crippen molar-refractivity contribution < 1.29 is 9.59 Å². The predicted molar refractivity (Wildman–Crippen MR) is 118 cm³/mol. The van der Waals surface area contributed by atoms with Crippen molar-refractivity contribution in [3.8, 4) is 0 Å². The zero-order chi connectivity index (χ0) is 20.8. The number of nitrogens with zero attached hydrogens (tertiary/aromatic N) is 3. The number of carbonyl (C=O) groups excluding carboxylic acids is 2. The van der Waals surface area contributed by atoms with Crippen LogP contribution in [-0.2, 0) is 19.4 Å². The molecule has 1 aliphatic heterocycles. The number of carbonyl (C=O) groups is 2. The molecule has 2 aliphatic rings. The van der Waals surface area contributed by atoms with E-state index in [2.05, 4.69) is 6.58 Å². The molecule has 5 rings (SSSR count). The molecule has 1 aromatic carbocycles. The highest BCUT2D eigenvalue weighted by atomic mass is 32.2. The molecule has 0 fully saturated rings. The molecule has 2 amide bonds. The maximum absolute atomic E-state index is 13.3. The number of thiophene rings is 1. The fourth-order valence-corrected chi connectivity index (χ4v) is 6.36. The molecule has 152 valence electrons. The maximum Gasteiger partial charge on any atom is 0.263 e. The van der Waals surface area contributed by atoms with Gasteiger partial charge in [-0.25, -0.2) is 4.98 Å². The summed E-state index contributed by atoms with van der Waals surface area (Å²) in [5.41, 5.74) is 1.92. The average molecular weight is 438 g/mol. The number of aromatic nitrogens is 2. The third-order valence-electron chi connectivity index (χ3n) is 5.55. The summed E-state index contributed by atoms with van der Waals surface area (Å²) in [5, 5.41) is 1.23. The minimum atomic E-state index is -0.312. The number of aryl methyl sites for hydroxylation is 2. The van der Waals surface area contributed by atoms with Crippen LogP contribution in [0, 0.1) is 0 Å². The summed E-state index contributed by atoms with van der Waals surface area (Å²) in [5.74, 6) is -0.520. The van der Waals surface area contributed by atoms with Crippen LogP contribution in [0.3, 0.4) is 0 Å². The number of allylic oxidation sites excluding steroid dienone is 1. The topological polar surface area (TPSA) is 72.3 Å². The number of fused-ring (bicyclic) bond motifs is 4. The first-order valence-corrected chi connectivity index (χ1v) is 11.6. The lowest BCUT2D eigenvalue weighted by atomic mass is 9.97. The summed E-state index contributed by atoms with van der Waals surface area (Å²) >= 11 is 2.83. The highest BCUT2D eigenvalue weighted by Gasteiger charge is 2.35. The summed E-state index contributed by atoms with van der Waals surface area (Å²) in [6.45, 7) is 4.10. The molecule has 2 aromatic heterocycles. The Morgan fingerprint density at radius 2 is 1.80 bits per heavy atom. The zero-order valence-electron chi connectivity index (χ0n) is 16.2. The molecule has 0 radical (unpaired) electrons. The standard InChI is InChI=1S/C22H19N3O3S2/c1-2-11-24-21(28)17-15-9-5-6-10-16(15)30-18(17)23-22(24)29-12-25-19(26)13-7-3-4-8-14(13)20(25)27/h2-4,7-8H,1,5-6,9-12H2. The second-order valence-electron chi connectivity index (χ2n) is 7.35. The van der Waals surface area contributed by atoms with Crippen molar-refractivity contribution in [2.24, 2.45) is 0 Å². The number of imide groups is 1. The molecule has 3 heterocycles. The molecular weight excluding hydrogens is 418 g/mol. The van der Waals surface area contributed by atoms with Crippen molar-refractivity contribution in [2.45, 2.75) is 37.4 Å². The molecule has 0 bridgehead atoms. The summed E-state index contributed by atoms with van der Waals surface area (Å²) in [6, 6.07) is 6.82. The van der Waals surface area contributed by atoms with Crippen LogP contribution < -0.4 is 5.56 Å². The van der Waals surface area contributed by atoms with Gasteiger partial charge in [0.25, 0.3) is 17.4 Å². The van der Waals surface area contributed by atoms with E-state index in [1.807, 2.05) is 0 Å². The second kappa shape index (κ2) is 7.52. The Kier molecular flexibility index (Phi) is 4.83. The largest absolute Gasteiger partial charge is 0.283 e. The summed E-state index contributed by atoms with van der Waals surface area (Å²) in [6.07, 6.45) is 5.81. The van der Waals surface area contributed by atoms with E-state index in [9.17, 15) is 14.4 Å². The lowest BCUT2D eigenvalue weighted by molar-refractivity contribution is 0.0684.